The molecule has 3 fully saturated rings. The Morgan fingerprint density at radius 3 is 1.61 bits per heavy atom. The van der Waals surface area contributed by atoms with Gasteiger partial charge in [-0.2, -0.15) is 13.6 Å². The Morgan fingerprint density at radius 1 is 0.646 bits per heavy atom. The average Bonchev–Trinajstić information content (AvgIpc) is 4.29. The molecule has 2 N–H and O–H groups in total. The number of nitrogens with zero attached hydrogens (tertiary/aromatic N) is 2. The molecule has 414 valence electrons. The standard InChI is InChI=1S/C59H65N4O13PSSi/c1-38-35-62(56(66)60-54(38)64)51-33-48(50(72-51)37-70-59(40-17-11-8-12-18-40,41-23-27-43(68-6)28-24-41)42-25-29-44(69-7)30-26-42)75-77(78)71-32-31-47(74-77)53-49(34-52(73-53)63-36-39(2)55(65)61-57(63)67)76-79(58(3,4)5,45-19-13-9-14-20-45)46-21-15-10-16-22-46/h8-30,35-36,47-53H,31-34,37H2,1-7H3,(H,60,64,66)(H,61,65,67)/t47-,48+,49+,50-,51-,52-,53-,77?/m1/s1. The smallest absolute Gasteiger partial charge is 0.330 e. The van der Waals surface area contributed by atoms with Gasteiger partial charge in [0, 0.05) is 42.8 Å². The van der Waals surface area contributed by atoms with Crippen LogP contribution >= 0.6 is 7.15 Å². The molecule has 0 bridgehead atoms. The summed E-state index contributed by atoms with van der Waals surface area (Å²) in [4.78, 5) is 57.4. The van der Waals surface area contributed by atoms with Crippen LogP contribution in [0.25, 0.3) is 0 Å². The van der Waals surface area contributed by atoms with Gasteiger partial charge in [0.15, 0.2) is 0 Å². The van der Waals surface area contributed by atoms with Crippen molar-refractivity contribution in [3.8, 4) is 11.5 Å². The summed E-state index contributed by atoms with van der Waals surface area (Å²) in [5.74, 6) is 1.31. The Morgan fingerprint density at radius 2 is 1.11 bits per heavy atom. The van der Waals surface area contributed by atoms with Gasteiger partial charge in [-0.25, -0.2) is 9.59 Å². The Bertz CT molecular complexity index is 3390. The van der Waals surface area contributed by atoms with Crippen LogP contribution in [0, 0.1) is 13.8 Å². The van der Waals surface area contributed by atoms with Gasteiger partial charge in [-0.05, 0) is 70.2 Å². The molecule has 5 aromatic carbocycles. The maximum absolute atomic E-state index is 13.6. The average molecular weight is 1130 g/mol. The molecule has 3 aliphatic heterocycles. The monoisotopic (exact) mass is 1130 g/mol. The lowest BCUT2D eigenvalue weighted by Crippen LogP contribution is -2.68. The van der Waals surface area contributed by atoms with Gasteiger partial charge in [0.05, 0.1) is 33.5 Å². The fourth-order valence-corrected chi connectivity index (χ4v) is 18.4. The second kappa shape index (κ2) is 23.1. The zero-order chi connectivity index (χ0) is 55.7. The highest BCUT2D eigenvalue weighted by Gasteiger charge is 2.57. The van der Waals surface area contributed by atoms with Crippen LogP contribution in [-0.4, -0.2) is 85.4 Å². The third kappa shape index (κ3) is 11.2. The van der Waals surface area contributed by atoms with Crippen LogP contribution in [-0.2, 0) is 50.1 Å². The minimum absolute atomic E-state index is 0.0780. The van der Waals surface area contributed by atoms with E-state index in [0.717, 1.165) is 27.1 Å². The van der Waals surface area contributed by atoms with E-state index in [2.05, 4.69) is 55.0 Å². The number of benzene rings is 5. The summed E-state index contributed by atoms with van der Waals surface area (Å²) in [5.41, 5.74) is -0.541. The van der Waals surface area contributed by atoms with E-state index in [1.54, 1.807) is 28.1 Å². The highest BCUT2D eigenvalue weighted by molar-refractivity contribution is 8.36. The van der Waals surface area contributed by atoms with Crippen LogP contribution in [0.4, 0.5) is 0 Å². The minimum atomic E-state index is -3.77. The molecule has 5 heterocycles. The molecule has 20 heteroatoms. The molecule has 1 unspecified atom stereocenters. The third-order valence-corrected chi connectivity index (χ3v) is 22.6. The highest BCUT2D eigenvalue weighted by Crippen LogP contribution is 2.66. The summed E-state index contributed by atoms with van der Waals surface area (Å²) in [6.07, 6.45) is -2.31. The largest absolute Gasteiger partial charge is 0.497 e. The minimum Gasteiger partial charge on any atom is -0.497 e. The van der Waals surface area contributed by atoms with Crippen LogP contribution in [0.15, 0.2) is 171 Å². The lowest BCUT2D eigenvalue weighted by Gasteiger charge is -2.46. The molecule has 7 aromatic rings. The van der Waals surface area contributed by atoms with Gasteiger partial charge in [0.1, 0.15) is 54.0 Å². The Kier molecular flexibility index (Phi) is 16.4. The molecule has 79 heavy (non-hydrogen) atoms. The highest BCUT2D eigenvalue weighted by atomic mass is 32.7. The number of aryl methyl sites for hydroxylation is 2. The molecule has 0 aliphatic carbocycles. The van der Waals surface area contributed by atoms with E-state index in [-0.39, 0.29) is 26.1 Å². The van der Waals surface area contributed by atoms with Crippen molar-refractivity contribution in [2.45, 2.75) is 107 Å². The van der Waals surface area contributed by atoms with Gasteiger partial charge < -0.3 is 40.4 Å². The van der Waals surface area contributed by atoms with E-state index in [9.17, 15) is 19.2 Å². The van der Waals surface area contributed by atoms with Gasteiger partial charge in [-0.1, -0.05) is 136 Å². The van der Waals surface area contributed by atoms with E-state index in [1.807, 2.05) is 115 Å². The van der Waals surface area contributed by atoms with E-state index >= 15 is 0 Å². The molecule has 0 spiro atoms. The molecule has 3 aliphatic rings. The van der Waals surface area contributed by atoms with Crippen molar-refractivity contribution in [3.05, 3.63) is 221 Å². The summed E-state index contributed by atoms with van der Waals surface area (Å²) in [6.45, 7) is 9.82. The first-order valence-electron chi connectivity index (χ1n) is 26.3. The molecule has 8 atom stereocenters. The van der Waals surface area contributed by atoms with Crippen molar-refractivity contribution in [2.75, 3.05) is 27.4 Å². The van der Waals surface area contributed by atoms with E-state index < -0.39 is 91.6 Å². The molecular weight excluding hydrogens is 1060 g/mol. The predicted molar refractivity (Wildman–Crippen MR) is 305 cm³/mol. The predicted octanol–water partition coefficient (Wildman–Crippen LogP) is 7.66. The van der Waals surface area contributed by atoms with Crippen molar-refractivity contribution < 1.29 is 41.7 Å². The van der Waals surface area contributed by atoms with Gasteiger partial charge in [-0.15, -0.1) is 0 Å². The molecule has 3 saturated heterocycles. The van der Waals surface area contributed by atoms with Crippen molar-refractivity contribution in [2.24, 2.45) is 0 Å². The van der Waals surface area contributed by atoms with Crippen LogP contribution in [0.3, 0.4) is 0 Å². The number of aromatic amines is 2. The first kappa shape index (κ1) is 56.1. The second-order valence-corrected chi connectivity index (χ2v) is 28.3. The number of hydrogen-bond acceptors (Lipinski definition) is 14. The van der Waals surface area contributed by atoms with Crippen LogP contribution in [0.1, 0.15) is 80.3 Å². The maximum atomic E-state index is 13.6. The number of ether oxygens (including phenoxy) is 5. The zero-order valence-corrected chi connectivity index (χ0v) is 47.8. The third-order valence-electron chi connectivity index (χ3n) is 15.1. The molecule has 10 rings (SSSR count). The SMILES string of the molecule is COc1ccc(C(OC[C@H]2O[C@@H](n3cc(C)c(=O)[nH]c3=O)C[C@@H]2O[P+]2([S-])OCC[C@H]([C@H]3O[C@@H](n4cc(C)c(=O)[nH]c4=O)C[C@@H]3O[Si](c3ccccc3)(c3ccccc3)C(C)(C)C)O2)(c2ccccc2)c2ccc(OC)cc2)cc1. The summed E-state index contributed by atoms with van der Waals surface area (Å²) >= 11 is 6.37. The van der Waals surface area contributed by atoms with E-state index in [1.165, 1.54) is 21.5 Å². The molecule has 2 aromatic heterocycles. The zero-order valence-electron chi connectivity index (χ0n) is 45.1. The van der Waals surface area contributed by atoms with Gasteiger partial charge >= 0.3 is 11.4 Å². The number of H-pyrrole nitrogens is 2. The van der Waals surface area contributed by atoms with Crippen LogP contribution < -0.4 is 42.3 Å². The summed E-state index contributed by atoms with van der Waals surface area (Å²) in [7, 11) is -3.82. The molecule has 0 amide bonds. The number of rotatable bonds is 17. The molecular formula is C59H65N4O13PSSi. The van der Waals surface area contributed by atoms with Crippen molar-refractivity contribution in [1.29, 1.82) is 0 Å². The van der Waals surface area contributed by atoms with Gasteiger partial charge in [0.25, 0.3) is 26.6 Å². The molecule has 0 saturated carbocycles. The first-order chi connectivity index (χ1) is 37.9. The van der Waals surface area contributed by atoms with E-state index in [0.29, 0.717) is 29.0 Å². The number of aromatic nitrogens is 4. The van der Waals surface area contributed by atoms with E-state index in [4.69, 9.17) is 53.9 Å². The fraction of sp³-hybridized carbons (Fsp3) is 0.356. The second-order valence-electron chi connectivity index (χ2n) is 21.1. The molecule has 17 nitrogen and oxygen atoms in total. The Balaban J connectivity index is 1.02. The topological polar surface area (TPSA) is 193 Å². The van der Waals surface area contributed by atoms with Crippen LogP contribution in [0.5, 0.6) is 11.5 Å². The summed E-state index contributed by atoms with van der Waals surface area (Å²) < 4.78 is 63.2. The Labute approximate surface area is 464 Å². The van der Waals surface area contributed by atoms with Crippen molar-refractivity contribution in [1.82, 2.24) is 19.1 Å². The Hall–Kier alpha value is -6.22. The molecule has 0 radical (unpaired) electrons. The van der Waals surface area contributed by atoms with Crippen molar-refractivity contribution in [3.63, 3.8) is 0 Å². The fourth-order valence-electron chi connectivity index (χ4n) is 11.2. The van der Waals surface area contributed by atoms with Gasteiger partial charge in [-0.3, -0.25) is 28.7 Å². The lowest BCUT2D eigenvalue weighted by atomic mass is 9.80. The first-order valence-corrected chi connectivity index (χ1v) is 30.8. The normalized spacial score (nSPS) is 23.6. The van der Waals surface area contributed by atoms with Crippen molar-refractivity contribution >= 4 is 38.1 Å². The number of nitrogens with one attached hydrogen (secondary N) is 2. The lowest BCUT2D eigenvalue weighted by molar-refractivity contribution is -0.106. The number of methoxy groups -OCH3 is 2. The quantitative estimate of drug-likeness (QED) is 0.0391. The number of hydrogen-bond donors (Lipinski definition) is 2. The van der Waals surface area contributed by atoms with Crippen LogP contribution in [0.2, 0.25) is 5.04 Å². The van der Waals surface area contributed by atoms with Gasteiger partial charge in [0.2, 0.25) is 0 Å². The maximum Gasteiger partial charge on any atom is 0.330 e. The summed E-state index contributed by atoms with van der Waals surface area (Å²) in [6, 6.07) is 45.6. The summed E-state index contributed by atoms with van der Waals surface area (Å²) in [5, 5.41) is 1.66.